The zero-order chi connectivity index (χ0) is 16.6. The van der Waals surface area contributed by atoms with Gasteiger partial charge < -0.3 is 10.1 Å². The summed E-state index contributed by atoms with van der Waals surface area (Å²) in [6, 6.07) is 13.7. The van der Waals surface area contributed by atoms with Crippen molar-refractivity contribution in [3.8, 4) is 5.88 Å². The van der Waals surface area contributed by atoms with Crippen LogP contribution in [0.4, 0.5) is 11.4 Å². The largest absolute Gasteiger partial charge is 0.493 e. The summed E-state index contributed by atoms with van der Waals surface area (Å²) in [5.41, 5.74) is 3.37. The lowest BCUT2D eigenvalue weighted by Gasteiger charge is -2.18. The molecule has 0 aliphatic carbocycles. The van der Waals surface area contributed by atoms with E-state index in [1.165, 1.54) is 5.56 Å². The third-order valence-electron chi connectivity index (χ3n) is 3.71. The van der Waals surface area contributed by atoms with E-state index in [0.717, 1.165) is 21.1 Å². The number of fused-ring (bicyclic) bond motifs is 1. The second-order valence-corrected chi connectivity index (χ2v) is 7.42. The van der Waals surface area contributed by atoms with E-state index >= 15 is 0 Å². The van der Waals surface area contributed by atoms with Gasteiger partial charge in [0.2, 0.25) is 5.88 Å². The molecule has 0 bridgehead atoms. The number of aromatic hydroxyl groups is 1. The fourth-order valence-corrected chi connectivity index (χ4v) is 2.73. The summed E-state index contributed by atoms with van der Waals surface area (Å²) >= 11 is 3.43. The van der Waals surface area contributed by atoms with E-state index in [0.29, 0.717) is 5.69 Å². The van der Waals surface area contributed by atoms with Gasteiger partial charge in [0.25, 0.3) is 0 Å². The first-order valence-electron chi connectivity index (χ1n) is 7.37. The predicted molar refractivity (Wildman–Crippen MR) is 97.0 cm³/mol. The van der Waals surface area contributed by atoms with E-state index in [-0.39, 0.29) is 11.3 Å². The summed E-state index contributed by atoms with van der Waals surface area (Å²) in [6.45, 7) is 6.52. The molecule has 0 aliphatic heterocycles. The van der Waals surface area contributed by atoms with Crippen LogP contribution in [0.25, 0.3) is 10.9 Å². The van der Waals surface area contributed by atoms with Crippen molar-refractivity contribution < 1.29 is 5.11 Å². The average Bonchev–Trinajstić information content (AvgIpc) is 2.79. The molecular formula is C18H18BrN3O. The summed E-state index contributed by atoms with van der Waals surface area (Å²) in [4.78, 5) is 2.90. The lowest BCUT2D eigenvalue weighted by molar-refractivity contribution is 0.459. The monoisotopic (exact) mass is 371 g/mol. The Hall–Kier alpha value is -2.14. The number of aromatic nitrogens is 1. The predicted octanol–water partition coefficient (Wildman–Crippen LogP) is 6.35. The molecule has 0 fully saturated rings. The van der Waals surface area contributed by atoms with Gasteiger partial charge in [0.1, 0.15) is 0 Å². The molecule has 5 heteroatoms. The van der Waals surface area contributed by atoms with Crippen molar-refractivity contribution >= 4 is 38.2 Å². The number of hydrogen-bond donors (Lipinski definition) is 2. The molecule has 23 heavy (non-hydrogen) atoms. The number of H-pyrrole nitrogens is 1. The number of aromatic amines is 1. The number of benzene rings is 2. The molecule has 0 amide bonds. The number of nitrogens with one attached hydrogen (secondary N) is 1. The number of nitrogens with zero attached hydrogens (tertiary/aromatic N) is 2. The Morgan fingerprint density at radius 2 is 1.70 bits per heavy atom. The van der Waals surface area contributed by atoms with Crippen LogP contribution in [-0.2, 0) is 5.41 Å². The second-order valence-electron chi connectivity index (χ2n) is 6.51. The summed E-state index contributed by atoms with van der Waals surface area (Å²) in [5.74, 6) is 0.0214. The summed E-state index contributed by atoms with van der Waals surface area (Å²) in [6.07, 6.45) is 0. The van der Waals surface area contributed by atoms with Gasteiger partial charge in [0.05, 0.1) is 11.2 Å². The minimum Gasteiger partial charge on any atom is -0.493 e. The fourth-order valence-electron chi connectivity index (χ4n) is 2.37. The number of rotatable bonds is 2. The van der Waals surface area contributed by atoms with Crippen LogP contribution in [0.1, 0.15) is 26.3 Å². The molecule has 2 N–H and O–H groups in total. The minimum atomic E-state index is 0.0214. The van der Waals surface area contributed by atoms with Crippen LogP contribution in [0.3, 0.4) is 0 Å². The first-order chi connectivity index (χ1) is 10.8. The van der Waals surface area contributed by atoms with E-state index in [1.807, 2.05) is 30.3 Å². The highest BCUT2D eigenvalue weighted by Crippen LogP contribution is 2.37. The Morgan fingerprint density at radius 3 is 2.35 bits per heavy atom. The Morgan fingerprint density at radius 1 is 1.00 bits per heavy atom. The maximum atomic E-state index is 10.0. The van der Waals surface area contributed by atoms with Crippen LogP contribution in [0.5, 0.6) is 5.88 Å². The highest BCUT2D eigenvalue weighted by Gasteiger charge is 2.13. The molecule has 0 aliphatic rings. The normalized spacial score (nSPS) is 12.3. The fraction of sp³-hybridized carbons (Fsp3) is 0.222. The third-order valence-corrected chi connectivity index (χ3v) is 4.21. The van der Waals surface area contributed by atoms with Crippen molar-refractivity contribution in [2.75, 3.05) is 0 Å². The average molecular weight is 372 g/mol. The Kier molecular flexibility index (Phi) is 3.98. The maximum absolute atomic E-state index is 10.0. The Bertz CT molecular complexity index is 874. The number of hydrogen-bond acceptors (Lipinski definition) is 3. The van der Waals surface area contributed by atoms with Crippen LogP contribution in [-0.4, -0.2) is 10.1 Å². The minimum absolute atomic E-state index is 0.0214. The van der Waals surface area contributed by atoms with Crippen molar-refractivity contribution in [2.45, 2.75) is 26.2 Å². The van der Waals surface area contributed by atoms with Crippen molar-refractivity contribution in [1.82, 2.24) is 4.98 Å². The van der Waals surface area contributed by atoms with E-state index in [9.17, 15) is 5.11 Å². The molecule has 1 aromatic heterocycles. The zero-order valence-corrected chi connectivity index (χ0v) is 14.8. The molecule has 0 unspecified atom stereocenters. The maximum Gasteiger partial charge on any atom is 0.218 e. The first kappa shape index (κ1) is 15.7. The van der Waals surface area contributed by atoms with Gasteiger partial charge in [-0.3, -0.25) is 0 Å². The van der Waals surface area contributed by atoms with E-state index in [2.05, 4.69) is 64.0 Å². The number of halogens is 1. The van der Waals surface area contributed by atoms with Gasteiger partial charge in [-0.2, -0.15) is 5.11 Å². The molecule has 1 heterocycles. The van der Waals surface area contributed by atoms with Crippen LogP contribution < -0.4 is 0 Å². The van der Waals surface area contributed by atoms with Gasteiger partial charge in [-0.15, -0.1) is 5.11 Å². The molecule has 118 valence electrons. The molecule has 4 nitrogen and oxygen atoms in total. The molecular weight excluding hydrogens is 354 g/mol. The summed E-state index contributed by atoms with van der Waals surface area (Å²) in [7, 11) is 0. The smallest absolute Gasteiger partial charge is 0.218 e. The van der Waals surface area contributed by atoms with Gasteiger partial charge in [-0.1, -0.05) is 48.8 Å². The molecule has 0 atom stereocenters. The van der Waals surface area contributed by atoms with Crippen molar-refractivity contribution in [3.63, 3.8) is 0 Å². The van der Waals surface area contributed by atoms with Crippen LogP contribution in [0.2, 0.25) is 0 Å². The van der Waals surface area contributed by atoms with Crippen LogP contribution >= 0.6 is 15.9 Å². The van der Waals surface area contributed by atoms with Gasteiger partial charge in [0, 0.05) is 9.86 Å². The molecule has 3 rings (SSSR count). The molecule has 0 radical (unpaired) electrons. The topological polar surface area (TPSA) is 60.7 Å². The Balaban J connectivity index is 1.94. The first-order valence-corrected chi connectivity index (χ1v) is 8.16. The number of azo groups is 1. The van der Waals surface area contributed by atoms with E-state index in [1.54, 1.807) is 0 Å². The summed E-state index contributed by atoms with van der Waals surface area (Å²) < 4.78 is 0.926. The highest BCUT2D eigenvalue weighted by molar-refractivity contribution is 9.10. The SMILES string of the molecule is CC(C)(C)c1ccc(N=Nc2c(O)[nH]c3ccc(Br)cc23)cc1. The summed E-state index contributed by atoms with van der Waals surface area (Å²) in [5, 5.41) is 19.3. The van der Waals surface area contributed by atoms with Crippen molar-refractivity contribution in [3.05, 3.63) is 52.5 Å². The van der Waals surface area contributed by atoms with Crippen molar-refractivity contribution in [1.29, 1.82) is 0 Å². The molecule has 0 saturated heterocycles. The zero-order valence-electron chi connectivity index (χ0n) is 13.3. The second kappa shape index (κ2) is 5.81. The molecule has 0 spiro atoms. The molecule has 2 aromatic carbocycles. The molecule has 3 aromatic rings. The quantitative estimate of drug-likeness (QED) is 0.506. The van der Waals surface area contributed by atoms with E-state index < -0.39 is 0 Å². The van der Waals surface area contributed by atoms with Gasteiger partial charge in [0.15, 0.2) is 5.69 Å². The van der Waals surface area contributed by atoms with Crippen LogP contribution in [0.15, 0.2) is 57.2 Å². The third kappa shape index (κ3) is 3.29. The standard InChI is InChI=1S/C18H18BrN3O/c1-18(2,3)11-4-7-13(8-5-11)21-22-16-14-10-12(19)6-9-15(14)20-17(16)23/h4-10,20,23H,1-3H3. The van der Waals surface area contributed by atoms with Crippen molar-refractivity contribution in [2.24, 2.45) is 10.2 Å². The van der Waals surface area contributed by atoms with Gasteiger partial charge in [-0.05, 0) is 41.3 Å². The molecule has 0 saturated carbocycles. The van der Waals surface area contributed by atoms with Gasteiger partial charge >= 0.3 is 0 Å². The lowest BCUT2D eigenvalue weighted by atomic mass is 9.87. The highest BCUT2D eigenvalue weighted by atomic mass is 79.9. The van der Waals surface area contributed by atoms with E-state index in [4.69, 9.17) is 0 Å². The lowest BCUT2D eigenvalue weighted by Crippen LogP contribution is -2.10. The van der Waals surface area contributed by atoms with Crippen LogP contribution in [0, 0.1) is 0 Å². The Labute approximate surface area is 143 Å². The van der Waals surface area contributed by atoms with Gasteiger partial charge in [-0.25, -0.2) is 0 Å².